The number of benzene rings is 2. The number of primary amides is 1. The fourth-order valence-corrected chi connectivity index (χ4v) is 5.73. The van der Waals surface area contributed by atoms with Gasteiger partial charge in [-0.25, -0.2) is 9.67 Å². The Morgan fingerprint density at radius 2 is 1.85 bits per heavy atom. The maximum absolute atomic E-state index is 11.4. The predicted octanol–water partition coefficient (Wildman–Crippen LogP) is 3.39. The summed E-state index contributed by atoms with van der Waals surface area (Å²) in [5.74, 6) is 2.50. The van der Waals surface area contributed by atoms with Gasteiger partial charge in [0.1, 0.15) is 5.82 Å². The van der Waals surface area contributed by atoms with Crippen molar-refractivity contribution in [1.82, 2.24) is 24.6 Å². The number of nitrogens with two attached hydrogens (primary N) is 1. The fraction of sp³-hybridized carbons (Fsp3) is 0.346. The van der Waals surface area contributed by atoms with Crippen molar-refractivity contribution in [1.29, 1.82) is 0 Å². The molecule has 3 N–H and O–H groups in total. The average Bonchev–Trinajstić information content (AvgIpc) is 3.57. The summed E-state index contributed by atoms with van der Waals surface area (Å²) in [6, 6.07) is 17.5. The summed E-state index contributed by atoms with van der Waals surface area (Å²) in [6.45, 7) is 5.04. The van der Waals surface area contributed by atoms with E-state index in [1.807, 2.05) is 13.0 Å². The van der Waals surface area contributed by atoms with E-state index in [1.165, 1.54) is 37.1 Å². The lowest BCUT2D eigenvalue weighted by Gasteiger charge is -2.13. The van der Waals surface area contributed by atoms with Crippen molar-refractivity contribution < 1.29 is 4.79 Å². The quantitative estimate of drug-likeness (QED) is 0.498. The molecule has 2 aromatic heterocycles. The molecule has 0 spiro atoms. The van der Waals surface area contributed by atoms with Gasteiger partial charge in [-0.15, -0.1) is 5.10 Å². The molecule has 1 aliphatic carbocycles. The van der Waals surface area contributed by atoms with Crippen LogP contribution in [-0.4, -0.2) is 38.3 Å². The molecule has 1 saturated heterocycles. The number of fused-ring (bicyclic) bond motifs is 2. The maximum atomic E-state index is 11.4. The van der Waals surface area contributed by atoms with Crippen LogP contribution in [0.4, 0.5) is 0 Å². The standard InChI is InChI=1S/C26H28N6O/c1-16-29-26(25(27)33)30-32(16)23-6-7-24-19(12-23)8-9-31(24)15-17-2-4-18(5-3-17)20-10-21-13-28-14-22(21)11-20/h2-9,12,20-22,28H,10-11,13-15H2,1H3,(H2,27,33)/t20?,21-,22+. The molecule has 168 valence electrons. The molecular weight excluding hydrogens is 412 g/mol. The number of rotatable bonds is 5. The van der Waals surface area contributed by atoms with Crippen LogP contribution in [0, 0.1) is 18.8 Å². The first-order valence-electron chi connectivity index (χ1n) is 11.7. The molecule has 1 unspecified atom stereocenters. The minimum Gasteiger partial charge on any atom is -0.363 e. The van der Waals surface area contributed by atoms with Gasteiger partial charge >= 0.3 is 0 Å². The van der Waals surface area contributed by atoms with Crippen LogP contribution in [0.1, 0.15) is 46.3 Å². The van der Waals surface area contributed by atoms with Gasteiger partial charge in [-0.2, -0.15) is 0 Å². The predicted molar refractivity (Wildman–Crippen MR) is 127 cm³/mol. The first kappa shape index (κ1) is 20.2. The van der Waals surface area contributed by atoms with Crippen LogP contribution in [-0.2, 0) is 6.54 Å². The smallest absolute Gasteiger partial charge is 0.288 e. The van der Waals surface area contributed by atoms with E-state index >= 15 is 0 Å². The number of hydrogen-bond acceptors (Lipinski definition) is 4. The van der Waals surface area contributed by atoms with Gasteiger partial charge < -0.3 is 15.6 Å². The minimum atomic E-state index is -0.622. The Balaban J connectivity index is 1.20. The van der Waals surface area contributed by atoms with Gasteiger partial charge in [0.05, 0.1) is 5.69 Å². The molecule has 2 aromatic carbocycles. The zero-order valence-electron chi connectivity index (χ0n) is 18.7. The van der Waals surface area contributed by atoms with E-state index in [0.717, 1.165) is 40.9 Å². The Labute approximate surface area is 192 Å². The van der Waals surface area contributed by atoms with Gasteiger partial charge in [-0.05, 0) is 86.0 Å². The summed E-state index contributed by atoms with van der Waals surface area (Å²) in [5, 5.41) is 8.89. The molecule has 0 bridgehead atoms. The molecule has 3 heterocycles. The summed E-state index contributed by atoms with van der Waals surface area (Å²) in [4.78, 5) is 15.6. The Morgan fingerprint density at radius 3 is 2.55 bits per heavy atom. The van der Waals surface area contributed by atoms with Crippen molar-refractivity contribution in [2.45, 2.75) is 32.2 Å². The molecule has 6 rings (SSSR count). The lowest BCUT2D eigenvalue weighted by molar-refractivity contribution is 0.0990. The summed E-state index contributed by atoms with van der Waals surface area (Å²) >= 11 is 0. The largest absolute Gasteiger partial charge is 0.363 e. The summed E-state index contributed by atoms with van der Waals surface area (Å²) < 4.78 is 3.92. The van der Waals surface area contributed by atoms with Crippen molar-refractivity contribution in [2.75, 3.05) is 13.1 Å². The van der Waals surface area contributed by atoms with Gasteiger partial charge in [0.2, 0.25) is 5.82 Å². The second-order valence-corrected chi connectivity index (χ2v) is 9.53. The van der Waals surface area contributed by atoms with Crippen LogP contribution in [0.2, 0.25) is 0 Å². The highest BCUT2D eigenvalue weighted by atomic mass is 16.1. The molecule has 1 saturated carbocycles. The van der Waals surface area contributed by atoms with E-state index in [2.05, 4.69) is 68.6 Å². The molecule has 3 atom stereocenters. The third kappa shape index (κ3) is 3.62. The van der Waals surface area contributed by atoms with Crippen molar-refractivity contribution in [3.8, 4) is 5.69 Å². The highest BCUT2D eigenvalue weighted by molar-refractivity contribution is 5.88. The summed E-state index contributed by atoms with van der Waals surface area (Å²) in [7, 11) is 0. The number of carbonyl (C=O) groups is 1. The van der Waals surface area contributed by atoms with Gasteiger partial charge in [0.15, 0.2) is 0 Å². The molecule has 4 aromatic rings. The third-order valence-electron chi connectivity index (χ3n) is 7.45. The Morgan fingerprint density at radius 1 is 1.09 bits per heavy atom. The highest BCUT2D eigenvalue weighted by Crippen LogP contribution is 2.43. The second kappa shape index (κ2) is 7.85. The normalized spacial score (nSPS) is 22.2. The van der Waals surface area contributed by atoms with Crippen LogP contribution in [0.5, 0.6) is 0 Å². The number of hydrogen-bond donors (Lipinski definition) is 2. The van der Waals surface area contributed by atoms with Crippen LogP contribution >= 0.6 is 0 Å². The minimum absolute atomic E-state index is 0.0334. The lowest BCUT2D eigenvalue weighted by Crippen LogP contribution is -2.13. The van der Waals surface area contributed by atoms with Gasteiger partial charge in [0, 0.05) is 23.6 Å². The topological polar surface area (TPSA) is 90.8 Å². The molecule has 1 amide bonds. The van der Waals surface area contributed by atoms with E-state index in [-0.39, 0.29) is 5.82 Å². The number of aromatic nitrogens is 4. The molecule has 1 aliphatic heterocycles. The van der Waals surface area contributed by atoms with Crippen molar-refractivity contribution >= 4 is 16.8 Å². The first-order chi connectivity index (χ1) is 16.0. The zero-order valence-corrected chi connectivity index (χ0v) is 18.7. The Hall–Kier alpha value is -3.45. The van der Waals surface area contributed by atoms with Crippen molar-refractivity contribution in [2.24, 2.45) is 17.6 Å². The Bertz CT molecular complexity index is 1320. The van der Waals surface area contributed by atoms with Crippen LogP contribution in [0.15, 0.2) is 54.7 Å². The number of aryl methyl sites for hydroxylation is 1. The molecule has 0 radical (unpaired) electrons. The highest BCUT2D eigenvalue weighted by Gasteiger charge is 2.37. The van der Waals surface area contributed by atoms with E-state index in [0.29, 0.717) is 5.82 Å². The van der Waals surface area contributed by atoms with E-state index in [9.17, 15) is 4.79 Å². The lowest BCUT2D eigenvalue weighted by atomic mass is 9.95. The van der Waals surface area contributed by atoms with Crippen molar-refractivity contribution in [3.05, 3.63) is 77.5 Å². The maximum Gasteiger partial charge on any atom is 0.288 e. The molecule has 33 heavy (non-hydrogen) atoms. The SMILES string of the molecule is Cc1nc(C(N)=O)nn1-c1ccc2c(ccn2Cc2ccc(C3C[C@H]4CNC[C@H]4C3)cc2)c1. The van der Waals surface area contributed by atoms with Crippen molar-refractivity contribution in [3.63, 3.8) is 0 Å². The number of carbonyl (C=O) groups excluding carboxylic acids is 1. The average molecular weight is 441 g/mol. The number of nitrogens with zero attached hydrogens (tertiary/aromatic N) is 4. The van der Waals surface area contributed by atoms with Gasteiger partial charge in [-0.3, -0.25) is 4.79 Å². The van der Waals surface area contributed by atoms with Crippen LogP contribution < -0.4 is 11.1 Å². The monoisotopic (exact) mass is 440 g/mol. The molecule has 7 heteroatoms. The Kier molecular flexibility index (Phi) is 4.80. The summed E-state index contributed by atoms with van der Waals surface area (Å²) in [6.07, 6.45) is 4.78. The van der Waals surface area contributed by atoms with Crippen LogP contribution in [0.3, 0.4) is 0 Å². The molecule has 2 aliphatic rings. The molecular formula is C26H28N6O. The second-order valence-electron chi connectivity index (χ2n) is 9.53. The zero-order chi connectivity index (χ0) is 22.5. The van der Waals surface area contributed by atoms with E-state index < -0.39 is 5.91 Å². The van der Waals surface area contributed by atoms with Gasteiger partial charge in [-0.1, -0.05) is 24.3 Å². The molecule has 7 nitrogen and oxygen atoms in total. The fourth-order valence-electron chi connectivity index (χ4n) is 5.73. The summed E-state index contributed by atoms with van der Waals surface area (Å²) in [5.41, 5.74) is 10.1. The number of nitrogens with one attached hydrogen (secondary N) is 1. The third-order valence-corrected chi connectivity index (χ3v) is 7.45. The van der Waals surface area contributed by atoms with E-state index in [1.54, 1.807) is 4.68 Å². The molecule has 2 fully saturated rings. The number of amides is 1. The first-order valence-corrected chi connectivity index (χ1v) is 11.7. The van der Waals surface area contributed by atoms with Gasteiger partial charge in [0.25, 0.3) is 5.91 Å². The van der Waals surface area contributed by atoms with Crippen LogP contribution in [0.25, 0.3) is 16.6 Å². The van der Waals surface area contributed by atoms with E-state index in [4.69, 9.17) is 5.73 Å².